The zero-order valence-corrected chi connectivity index (χ0v) is 10.4. The topological polar surface area (TPSA) is 46.5 Å². The molecule has 2 aliphatic rings. The fraction of sp³-hybridized carbons (Fsp3) is 0.462. The molecule has 3 nitrogen and oxygen atoms in total. The Morgan fingerprint density at radius 1 is 1.06 bits per heavy atom. The summed E-state index contributed by atoms with van der Waals surface area (Å²) in [7, 11) is -3.42. The SMILES string of the molecule is O=S1(=O)N=C(C2CCCCC2)c2ccccc21. The molecule has 0 radical (unpaired) electrons. The second-order valence-electron chi connectivity index (χ2n) is 4.78. The highest BCUT2D eigenvalue weighted by molar-refractivity contribution is 7.90. The van der Waals surface area contributed by atoms with Crippen molar-refractivity contribution in [2.45, 2.75) is 37.0 Å². The number of nitrogens with zero attached hydrogens (tertiary/aromatic N) is 1. The predicted octanol–water partition coefficient (Wildman–Crippen LogP) is 2.76. The number of benzene rings is 1. The standard InChI is InChI=1S/C13H15NO2S/c15-17(16)12-9-5-4-8-11(12)13(14-17)10-6-2-1-3-7-10/h4-5,8-10H,1-3,6-7H2. The highest BCUT2D eigenvalue weighted by atomic mass is 32.2. The van der Waals surface area contributed by atoms with E-state index in [1.807, 2.05) is 12.1 Å². The summed E-state index contributed by atoms with van der Waals surface area (Å²) in [4.78, 5) is 0.389. The summed E-state index contributed by atoms with van der Waals surface area (Å²) in [5.41, 5.74) is 1.64. The van der Waals surface area contributed by atoms with E-state index in [1.165, 1.54) is 19.3 Å². The molecule has 1 saturated carbocycles. The monoisotopic (exact) mass is 249 g/mol. The quantitative estimate of drug-likeness (QED) is 0.768. The highest BCUT2D eigenvalue weighted by Gasteiger charge is 2.32. The van der Waals surface area contributed by atoms with Crippen molar-refractivity contribution in [3.63, 3.8) is 0 Å². The summed E-state index contributed by atoms with van der Waals surface area (Å²) in [6.45, 7) is 0. The molecule has 0 unspecified atom stereocenters. The lowest BCUT2D eigenvalue weighted by atomic mass is 9.83. The lowest BCUT2D eigenvalue weighted by Crippen LogP contribution is -2.17. The molecular formula is C13H15NO2S. The van der Waals surface area contributed by atoms with Gasteiger partial charge < -0.3 is 0 Å². The number of hydrogen-bond donors (Lipinski definition) is 0. The molecule has 0 atom stereocenters. The molecule has 1 fully saturated rings. The van der Waals surface area contributed by atoms with Gasteiger partial charge in [0.2, 0.25) is 0 Å². The van der Waals surface area contributed by atoms with Crippen LogP contribution in [-0.2, 0) is 10.0 Å². The largest absolute Gasteiger partial charge is 0.283 e. The Hall–Kier alpha value is -1.16. The number of sulfonamides is 1. The minimum Gasteiger partial charge on any atom is -0.199 e. The Balaban J connectivity index is 2.07. The van der Waals surface area contributed by atoms with Crippen molar-refractivity contribution in [1.82, 2.24) is 0 Å². The van der Waals surface area contributed by atoms with Crippen LogP contribution in [0.3, 0.4) is 0 Å². The minimum atomic E-state index is -3.42. The number of rotatable bonds is 1. The van der Waals surface area contributed by atoms with E-state index < -0.39 is 10.0 Å². The first kappa shape index (κ1) is 11.0. The zero-order chi connectivity index (χ0) is 11.9. The van der Waals surface area contributed by atoms with Crippen molar-refractivity contribution in [3.05, 3.63) is 29.8 Å². The predicted molar refractivity (Wildman–Crippen MR) is 66.7 cm³/mol. The molecule has 1 aliphatic heterocycles. The van der Waals surface area contributed by atoms with E-state index in [9.17, 15) is 8.42 Å². The maximum absolute atomic E-state index is 11.9. The molecule has 1 heterocycles. The van der Waals surface area contributed by atoms with Crippen molar-refractivity contribution in [1.29, 1.82) is 0 Å². The summed E-state index contributed by atoms with van der Waals surface area (Å²) >= 11 is 0. The normalized spacial score (nSPS) is 23.2. The van der Waals surface area contributed by atoms with E-state index in [2.05, 4.69) is 4.40 Å². The molecule has 1 aliphatic carbocycles. The molecule has 0 saturated heterocycles. The van der Waals surface area contributed by atoms with Gasteiger partial charge in [-0.2, -0.15) is 12.8 Å². The molecule has 0 amide bonds. The van der Waals surface area contributed by atoms with Gasteiger partial charge in [-0.25, -0.2) is 0 Å². The molecule has 0 aromatic heterocycles. The maximum atomic E-state index is 11.9. The fourth-order valence-corrected chi connectivity index (χ4v) is 4.11. The van der Waals surface area contributed by atoms with Gasteiger partial charge in [0, 0.05) is 11.5 Å². The maximum Gasteiger partial charge on any atom is 0.283 e. The van der Waals surface area contributed by atoms with Crippen molar-refractivity contribution in [2.24, 2.45) is 10.3 Å². The van der Waals surface area contributed by atoms with E-state index in [4.69, 9.17) is 0 Å². The first-order chi connectivity index (χ1) is 8.18. The van der Waals surface area contributed by atoms with Crippen LogP contribution >= 0.6 is 0 Å². The first-order valence-electron chi connectivity index (χ1n) is 6.13. The van der Waals surface area contributed by atoms with Crippen LogP contribution in [0.15, 0.2) is 33.6 Å². The molecule has 0 spiro atoms. The summed E-state index contributed by atoms with van der Waals surface area (Å²) in [6.07, 6.45) is 5.78. The average Bonchev–Trinajstić information content (AvgIpc) is 2.64. The van der Waals surface area contributed by atoms with Gasteiger partial charge in [0.05, 0.1) is 10.6 Å². The fourth-order valence-electron chi connectivity index (χ4n) is 2.80. The van der Waals surface area contributed by atoms with Gasteiger partial charge in [-0.05, 0) is 18.9 Å². The van der Waals surface area contributed by atoms with E-state index in [1.54, 1.807) is 12.1 Å². The van der Waals surface area contributed by atoms with E-state index in [0.717, 1.165) is 24.1 Å². The Bertz CT molecular complexity index is 569. The Labute approximate surface area is 102 Å². The first-order valence-corrected chi connectivity index (χ1v) is 7.57. The third kappa shape index (κ3) is 1.80. The lowest BCUT2D eigenvalue weighted by Gasteiger charge is -2.21. The summed E-state index contributed by atoms with van der Waals surface area (Å²) in [6, 6.07) is 7.19. The van der Waals surface area contributed by atoms with E-state index in [0.29, 0.717) is 10.8 Å². The number of fused-ring (bicyclic) bond motifs is 1. The van der Waals surface area contributed by atoms with Crippen LogP contribution in [0.5, 0.6) is 0 Å². The van der Waals surface area contributed by atoms with Gasteiger partial charge in [-0.15, -0.1) is 0 Å². The summed E-state index contributed by atoms with van der Waals surface area (Å²) in [5, 5.41) is 0. The van der Waals surface area contributed by atoms with Gasteiger partial charge in [0.1, 0.15) is 0 Å². The molecule has 1 aromatic carbocycles. The summed E-state index contributed by atoms with van der Waals surface area (Å²) < 4.78 is 27.8. The van der Waals surface area contributed by atoms with Gasteiger partial charge in [0.15, 0.2) is 0 Å². The molecule has 0 bridgehead atoms. The van der Waals surface area contributed by atoms with Crippen molar-refractivity contribution >= 4 is 15.7 Å². The molecule has 17 heavy (non-hydrogen) atoms. The van der Waals surface area contributed by atoms with Crippen LogP contribution in [0.1, 0.15) is 37.7 Å². The zero-order valence-electron chi connectivity index (χ0n) is 9.59. The Morgan fingerprint density at radius 3 is 2.53 bits per heavy atom. The van der Waals surface area contributed by atoms with Crippen molar-refractivity contribution < 1.29 is 8.42 Å². The second kappa shape index (κ2) is 3.95. The summed E-state index contributed by atoms with van der Waals surface area (Å²) in [5.74, 6) is 0.335. The molecule has 90 valence electrons. The smallest absolute Gasteiger partial charge is 0.199 e. The highest BCUT2D eigenvalue weighted by Crippen LogP contribution is 2.34. The molecule has 4 heteroatoms. The second-order valence-corrected chi connectivity index (χ2v) is 6.36. The van der Waals surface area contributed by atoms with Crippen LogP contribution in [0.25, 0.3) is 0 Å². The average molecular weight is 249 g/mol. The van der Waals surface area contributed by atoms with Crippen molar-refractivity contribution in [2.75, 3.05) is 0 Å². The number of hydrogen-bond acceptors (Lipinski definition) is 2. The van der Waals surface area contributed by atoms with Gasteiger partial charge >= 0.3 is 0 Å². The van der Waals surface area contributed by atoms with Crippen molar-refractivity contribution in [3.8, 4) is 0 Å². The van der Waals surface area contributed by atoms with Gasteiger partial charge in [0.25, 0.3) is 10.0 Å². The minimum absolute atomic E-state index is 0.335. The Kier molecular flexibility index (Phi) is 2.54. The third-order valence-electron chi connectivity index (χ3n) is 3.65. The molecule has 1 aromatic rings. The lowest BCUT2D eigenvalue weighted by molar-refractivity contribution is 0.440. The van der Waals surface area contributed by atoms with E-state index >= 15 is 0 Å². The van der Waals surface area contributed by atoms with Crippen LogP contribution in [0, 0.1) is 5.92 Å². The van der Waals surface area contributed by atoms with Gasteiger partial charge in [-0.3, -0.25) is 0 Å². The molecular weight excluding hydrogens is 234 g/mol. The molecule has 0 N–H and O–H groups in total. The van der Waals surface area contributed by atoms with Crippen LogP contribution < -0.4 is 0 Å². The van der Waals surface area contributed by atoms with Crippen LogP contribution in [-0.4, -0.2) is 14.1 Å². The van der Waals surface area contributed by atoms with Crippen LogP contribution in [0.2, 0.25) is 0 Å². The van der Waals surface area contributed by atoms with Crippen LogP contribution in [0.4, 0.5) is 0 Å². The van der Waals surface area contributed by atoms with E-state index in [-0.39, 0.29) is 0 Å². The molecule has 3 rings (SSSR count). The third-order valence-corrected chi connectivity index (χ3v) is 5.00. The Morgan fingerprint density at radius 2 is 1.76 bits per heavy atom. The van der Waals surface area contributed by atoms with Gasteiger partial charge in [-0.1, -0.05) is 37.5 Å².